The molecule has 0 atom stereocenters. The maximum atomic E-state index is 5.93. The third kappa shape index (κ3) is 7.60. The van der Waals surface area contributed by atoms with Crippen molar-refractivity contribution in [2.24, 2.45) is 0 Å². The maximum absolute atomic E-state index is 5.93. The largest absolute Gasteiger partial charge is 0.308 e. The first-order chi connectivity index (χ1) is 8.22. The predicted octanol–water partition coefficient (Wildman–Crippen LogP) is 4.33. The van der Waals surface area contributed by atoms with Crippen molar-refractivity contribution in [1.82, 2.24) is 0 Å². The van der Waals surface area contributed by atoms with Crippen molar-refractivity contribution in [2.75, 3.05) is 0 Å². The van der Waals surface area contributed by atoms with E-state index >= 15 is 0 Å². The van der Waals surface area contributed by atoms with E-state index in [1.807, 2.05) is 41.5 Å². The topological polar surface area (TPSA) is 18.5 Å². The summed E-state index contributed by atoms with van der Waals surface area (Å²) in [6, 6.07) is 0. The Kier molecular flexibility index (Phi) is 7.31. The Bertz CT molecular complexity index is 289. The van der Waals surface area contributed by atoms with Crippen LogP contribution in [-0.2, 0) is 8.37 Å². The van der Waals surface area contributed by atoms with Crippen LogP contribution >= 0.6 is 35.7 Å². The van der Waals surface area contributed by atoms with Gasteiger partial charge in [0.1, 0.15) is 4.93 Å². The molecule has 0 N–H and O–H groups in total. The van der Waals surface area contributed by atoms with Crippen LogP contribution in [0.1, 0.15) is 55.4 Å². The van der Waals surface area contributed by atoms with Gasteiger partial charge in [-0.1, -0.05) is 13.8 Å². The monoisotopic (exact) mass is 318 g/mol. The van der Waals surface area contributed by atoms with Gasteiger partial charge in [0.05, 0.1) is 18.2 Å². The molecule has 0 aromatic carbocycles. The summed E-state index contributed by atoms with van der Waals surface area (Å²) in [5, 5.41) is 0. The highest BCUT2D eigenvalue weighted by atomic mass is 32.2. The molecule has 0 saturated carbocycles. The average Bonchev–Trinajstić information content (AvgIpc) is 2.23. The quantitative estimate of drug-likeness (QED) is 0.375. The van der Waals surface area contributed by atoms with E-state index in [9.17, 15) is 0 Å². The Hall–Kier alpha value is 1.10. The van der Waals surface area contributed by atoms with Gasteiger partial charge in [-0.2, -0.15) is 11.6 Å². The fourth-order valence-electron chi connectivity index (χ4n) is 0.636. The van der Waals surface area contributed by atoms with Gasteiger partial charge in [-0.05, 0) is 58.2 Å². The molecule has 7 heteroatoms. The summed E-state index contributed by atoms with van der Waals surface area (Å²) in [4.78, 5) is -0.432. The Morgan fingerprint density at radius 2 is 1.26 bits per heavy atom. The van der Waals surface area contributed by atoms with Crippen molar-refractivity contribution < 1.29 is 8.37 Å². The zero-order valence-corrected chi connectivity index (χ0v) is 15.6. The summed E-state index contributed by atoms with van der Waals surface area (Å²) in [5.74, 6) is 0. The normalized spacial score (nSPS) is 14.7. The van der Waals surface area contributed by atoms with Gasteiger partial charge < -0.3 is 4.18 Å². The molecule has 0 saturated heterocycles. The molecule has 0 unspecified atom stereocenters. The molecule has 0 aromatic heterocycles. The minimum absolute atomic E-state index is 0.252. The molecule has 0 bridgehead atoms. The molecule has 0 fully saturated rings. The molecule has 0 heterocycles. The van der Waals surface area contributed by atoms with Crippen molar-refractivity contribution in [1.29, 1.82) is 0 Å². The molecule has 0 aliphatic carbocycles. The van der Waals surface area contributed by atoms with E-state index in [1.54, 1.807) is 0 Å². The number of hydrogen-bond acceptors (Lipinski definition) is 5. The SMILES string of the molecule is [B]SC(C)(C)OSC(C)(C)C(C)(C)OSC([B])(C)C. The minimum atomic E-state index is -0.432. The summed E-state index contributed by atoms with van der Waals surface area (Å²) in [6.07, 6.45) is 0. The highest BCUT2D eigenvalue weighted by Crippen LogP contribution is 2.44. The van der Waals surface area contributed by atoms with Gasteiger partial charge in [0.2, 0.25) is 0 Å². The molecule has 0 aromatic rings. The minimum Gasteiger partial charge on any atom is -0.308 e. The van der Waals surface area contributed by atoms with E-state index in [2.05, 4.69) is 13.8 Å². The van der Waals surface area contributed by atoms with Gasteiger partial charge in [0.25, 0.3) is 0 Å². The van der Waals surface area contributed by atoms with E-state index < -0.39 is 15.2 Å². The smallest absolute Gasteiger partial charge is 0.165 e. The Labute approximate surface area is 134 Å². The second-order valence-electron chi connectivity index (χ2n) is 6.48. The van der Waals surface area contributed by atoms with E-state index in [1.165, 1.54) is 35.7 Å². The van der Waals surface area contributed by atoms with Gasteiger partial charge in [0, 0.05) is 12.0 Å². The zero-order chi connectivity index (χ0) is 15.5. The summed E-state index contributed by atoms with van der Waals surface area (Å²) < 4.78 is 11.0. The number of rotatable bonds is 8. The Morgan fingerprint density at radius 1 is 0.789 bits per heavy atom. The van der Waals surface area contributed by atoms with Gasteiger partial charge in [0.15, 0.2) is 7.12 Å². The lowest BCUT2D eigenvalue weighted by molar-refractivity contribution is 0.0957. The van der Waals surface area contributed by atoms with Crippen molar-refractivity contribution in [3.8, 4) is 0 Å². The second kappa shape index (κ2) is 6.91. The van der Waals surface area contributed by atoms with Crippen molar-refractivity contribution >= 4 is 50.7 Å². The second-order valence-corrected chi connectivity index (χ2v) is 10.4. The highest BCUT2D eigenvalue weighted by Gasteiger charge is 2.42. The molecule has 19 heavy (non-hydrogen) atoms. The molecule has 0 spiro atoms. The van der Waals surface area contributed by atoms with Crippen LogP contribution in [0.2, 0.25) is 0 Å². The van der Waals surface area contributed by atoms with Crippen LogP contribution in [0.5, 0.6) is 0 Å². The Morgan fingerprint density at radius 3 is 1.63 bits per heavy atom. The molecular weight excluding hydrogens is 294 g/mol. The first-order valence-corrected chi connectivity index (χ1v) is 8.49. The van der Waals surface area contributed by atoms with Crippen LogP contribution in [0.25, 0.3) is 0 Å². The third-order valence-corrected chi connectivity index (χ3v) is 5.74. The van der Waals surface area contributed by atoms with Crippen LogP contribution in [0, 0.1) is 0 Å². The van der Waals surface area contributed by atoms with Crippen LogP contribution in [0.4, 0.5) is 0 Å². The molecule has 0 aliphatic rings. The van der Waals surface area contributed by atoms with Crippen molar-refractivity contribution in [3.63, 3.8) is 0 Å². The molecule has 2 nitrogen and oxygen atoms in total. The van der Waals surface area contributed by atoms with Gasteiger partial charge >= 0.3 is 0 Å². The van der Waals surface area contributed by atoms with Gasteiger partial charge in [-0.15, -0.1) is 0 Å². The molecular formula is C12H24B2O2S3. The Balaban J connectivity index is 4.60. The lowest BCUT2D eigenvalue weighted by Gasteiger charge is -2.41. The zero-order valence-electron chi connectivity index (χ0n) is 13.2. The van der Waals surface area contributed by atoms with Crippen molar-refractivity contribution in [3.05, 3.63) is 0 Å². The maximum Gasteiger partial charge on any atom is 0.165 e. The van der Waals surface area contributed by atoms with Crippen LogP contribution < -0.4 is 0 Å². The molecule has 0 amide bonds. The molecule has 108 valence electrons. The standard InChI is InChI=1S/C12H24B2O2S3/c1-9(2,15-19-11(5,6)13)10(3,4)18-16-12(7,8)17-14/h1-8H3. The van der Waals surface area contributed by atoms with Gasteiger partial charge in [-0.25, -0.2) is 0 Å². The van der Waals surface area contributed by atoms with Crippen molar-refractivity contribution in [2.45, 2.75) is 75.3 Å². The lowest BCUT2D eigenvalue weighted by atomic mass is 9.91. The van der Waals surface area contributed by atoms with Crippen LogP contribution in [-0.4, -0.2) is 34.9 Å². The molecule has 4 radical (unpaired) electrons. The first-order valence-electron chi connectivity index (χ1n) is 6.13. The fourth-order valence-corrected chi connectivity index (χ4v) is 2.23. The highest BCUT2D eigenvalue weighted by molar-refractivity contribution is 8.20. The molecule has 0 rings (SSSR count). The predicted molar refractivity (Wildman–Crippen MR) is 92.8 cm³/mol. The summed E-state index contributed by atoms with van der Waals surface area (Å²) in [7, 11) is 11.5. The van der Waals surface area contributed by atoms with E-state index in [-0.39, 0.29) is 4.75 Å². The fraction of sp³-hybridized carbons (Fsp3) is 1.00. The van der Waals surface area contributed by atoms with Crippen LogP contribution in [0.15, 0.2) is 0 Å². The van der Waals surface area contributed by atoms with E-state index in [4.69, 9.17) is 23.3 Å². The summed E-state index contributed by atoms with van der Waals surface area (Å²) in [5.41, 5.74) is -0.408. The summed E-state index contributed by atoms with van der Waals surface area (Å²) >= 11 is 3.86. The molecule has 0 aliphatic heterocycles. The lowest BCUT2D eigenvalue weighted by Crippen LogP contribution is -2.45. The third-order valence-electron chi connectivity index (χ3n) is 2.65. The average molecular weight is 318 g/mol. The first kappa shape index (κ1) is 20.1. The summed E-state index contributed by atoms with van der Waals surface area (Å²) in [6.45, 7) is 15.9. The number of hydrogen-bond donors (Lipinski definition) is 0. The van der Waals surface area contributed by atoms with Gasteiger partial charge in [-0.3, -0.25) is 4.18 Å². The van der Waals surface area contributed by atoms with E-state index in [0.717, 1.165) is 0 Å². The van der Waals surface area contributed by atoms with Crippen LogP contribution in [0.3, 0.4) is 0 Å². The van der Waals surface area contributed by atoms with E-state index in [0.29, 0.717) is 0 Å².